The highest BCUT2D eigenvalue weighted by atomic mass is 35.5. The molecule has 1 fully saturated rings. The number of rotatable bonds is 10. The van der Waals surface area contributed by atoms with Crippen molar-refractivity contribution >= 4 is 33.5 Å². The molecule has 1 amide bonds. The van der Waals surface area contributed by atoms with Crippen LogP contribution in [0, 0.1) is 11.8 Å². The maximum absolute atomic E-state index is 12.7. The number of benzene rings is 2. The first-order valence-electron chi connectivity index (χ1n) is 10.7. The summed E-state index contributed by atoms with van der Waals surface area (Å²) in [6.07, 6.45) is 1.86. The Bertz CT molecular complexity index is 1080. The van der Waals surface area contributed by atoms with Crippen molar-refractivity contribution in [2.75, 3.05) is 6.54 Å². The van der Waals surface area contributed by atoms with Crippen molar-refractivity contribution in [2.24, 2.45) is 17.6 Å². The number of hydrogen-bond donors (Lipinski definition) is 3. The molecule has 3 rings (SSSR count). The lowest BCUT2D eigenvalue weighted by molar-refractivity contribution is -0.164. The normalized spacial score (nSPS) is 20.5. The van der Waals surface area contributed by atoms with Gasteiger partial charge in [-0.05, 0) is 55.7 Å². The lowest BCUT2D eigenvalue weighted by atomic mass is 9.71. The number of nitrogens with two attached hydrogens (primary N) is 1. The topological polar surface area (TPSA) is 136 Å². The van der Waals surface area contributed by atoms with Crippen molar-refractivity contribution in [3.63, 3.8) is 0 Å². The van der Waals surface area contributed by atoms with Crippen LogP contribution >= 0.6 is 11.6 Å². The van der Waals surface area contributed by atoms with Crippen LogP contribution in [0.25, 0.3) is 0 Å². The van der Waals surface area contributed by atoms with E-state index in [1.165, 1.54) is 24.3 Å². The third-order valence-corrected chi connectivity index (χ3v) is 7.78. The molecule has 178 valence electrons. The number of carbonyl (C=O) groups excluding carboxylic acids is 1. The molecule has 0 spiro atoms. The summed E-state index contributed by atoms with van der Waals surface area (Å²) in [6, 6.07) is 14.2. The van der Waals surface area contributed by atoms with E-state index in [1.807, 2.05) is 0 Å². The Balaban J connectivity index is 1.86. The number of aliphatic carboxylic acids is 1. The van der Waals surface area contributed by atoms with E-state index in [4.69, 9.17) is 22.1 Å². The molecule has 33 heavy (non-hydrogen) atoms. The Morgan fingerprint density at radius 3 is 2.39 bits per heavy atom. The fourth-order valence-electron chi connectivity index (χ4n) is 4.30. The average molecular weight is 495 g/mol. The Kier molecular flexibility index (Phi) is 7.99. The van der Waals surface area contributed by atoms with Crippen molar-refractivity contribution in [1.82, 2.24) is 4.72 Å². The highest BCUT2D eigenvalue weighted by molar-refractivity contribution is 7.89. The number of carboxylic acids is 1. The molecule has 1 aliphatic rings. The first kappa shape index (κ1) is 25.0. The van der Waals surface area contributed by atoms with Gasteiger partial charge in [0.15, 0.2) is 0 Å². The standard InChI is InChI=1S/C23H27ClN2O6S/c24-18-9-11-20(12-10-18)33(30,31)26-14-13-23(22(28)29,32-19-7-2-1-3-8-19)17-6-4-5-16(15-17)21(25)27/h1-3,7-12,16-17,26H,4-6,13-15H2,(H2,25,27)(H,28,29). The second-order valence-corrected chi connectivity index (χ2v) is 10.4. The summed E-state index contributed by atoms with van der Waals surface area (Å²) < 4.78 is 33.9. The zero-order valence-corrected chi connectivity index (χ0v) is 19.5. The molecule has 0 heterocycles. The number of halogens is 1. The number of ether oxygens (including phenoxy) is 1. The van der Waals surface area contributed by atoms with Gasteiger partial charge in [-0.3, -0.25) is 4.79 Å². The second kappa shape index (κ2) is 10.5. The predicted molar refractivity (Wildman–Crippen MR) is 123 cm³/mol. The average Bonchev–Trinajstić information content (AvgIpc) is 2.79. The molecule has 2 aromatic carbocycles. The molecule has 3 atom stereocenters. The molecule has 1 saturated carbocycles. The van der Waals surface area contributed by atoms with Crippen molar-refractivity contribution in [1.29, 1.82) is 0 Å². The number of amides is 1. The van der Waals surface area contributed by atoms with Gasteiger partial charge < -0.3 is 15.6 Å². The van der Waals surface area contributed by atoms with E-state index in [1.54, 1.807) is 30.3 Å². The van der Waals surface area contributed by atoms with Gasteiger partial charge >= 0.3 is 5.97 Å². The highest BCUT2D eigenvalue weighted by Gasteiger charge is 2.50. The summed E-state index contributed by atoms with van der Waals surface area (Å²) in [4.78, 5) is 24.5. The van der Waals surface area contributed by atoms with Gasteiger partial charge in [0.05, 0.1) is 4.90 Å². The Morgan fingerprint density at radius 2 is 1.79 bits per heavy atom. The maximum atomic E-state index is 12.7. The molecular formula is C23H27ClN2O6S. The molecule has 0 bridgehead atoms. The third-order valence-electron chi connectivity index (χ3n) is 6.05. The molecular weight excluding hydrogens is 468 g/mol. The van der Waals surface area contributed by atoms with Gasteiger partial charge in [0.25, 0.3) is 0 Å². The van der Waals surface area contributed by atoms with Crippen molar-refractivity contribution in [3.05, 3.63) is 59.6 Å². The zero-order valence-electron chi connectivity index (χ0n) is 17.9. The second-order valence-electron chi connectivity index (χ2n) is 8.17. The van der Waals surface area contributed by atoms with Gasteiger partial charge in [-0.15, -0.1) is 0 Å². The molecule has 10 heteroatoms. The lowest BCUT2D eigenvalue weighted by Crippen LogP contribution is -2.54. The van der Waals surface area contributed by atoms with Gasteiger partial charge in [-0.1, -0.05) is 36.2 Å². The molecule has 0 aliphatic heterocycles. The summed E-state index contributed by atoms with van der Waals surface area (Å²) in [6.45, 7) is -0.179. The number of hydrogen-bond acceptors (Lipinski definition) is 5. The Morgan fingerprint density at radius 1 is 1.12 bits per heavy atom. The largest absolute Gasteiger partial charge is 0.478 e. The van der Waals surface area contributed by atoms with Crippen LogP contribution in [0.2, 0.25) is 5.02 Å². The van der Waals surface area contributed by atoms with Crippen LogP contribution in [0.3, 0.4) is 0 Å². The van der Waals surface area contributed by atoms with Crippen LogP contribution in [0.1, 0.15) is 32.1 Å². The number of primary amides is 1. The third kappa shape index (κ3) is 6.04. The molecule has 0 saturated heterocycles. The monoisotopic (exact) mass is 494 g/mol. The number of para-hydroxylation sites is 1. The van der Waals surface area contributed by atoms with Gasteiger partial charge in [-0.2, -0.15) is 0 Å². The van der Waals surface area contributed by atoms with E-state index in [0.717, 1.165) is 0 Å². The van der Waals surface area contributed by atoms with Crippen LogP contribution < -0.4 is 15.2 Å². The molecule has 0 aromatic heterocycles. The van der Waals surface area contributed by atoms with Gasteiger partial charge in [-0.25, -0.2) is 17.9 Å². The molecule has 8 nitrogen and oxygen atoms in total. The Hall–Kier alpha value is -2.62. The SMILES string of the molecule is NC(=O)C1CCCC(C(CCNS(=O)(=O)c2ccc(Cl)cc2)(Oc2ccccc2)C(=O)O)C1. The summed E-state index contributed by atoms with van der Waals surface area (Å²) in [5.74, 6) is -2.31. The lowest BCUT2D eigenvalue weighted by Gasteiger charge is -2.41. The maximum Gasteiger partial charge on any atom is 0.348 e. The van der Waals surface area contributed by atoms with Crippen LogP contribution in [0.15, 0.2) is 59.5 Å². The number of carboxylic acid groups (broad SMARTS) is 1. The van der Waals surface area contributed by atoms with Crippen LogP contribution in [-0.4, -0.2) is 37.5 Å². The quantitative estimate of drug-likeness (QED) is 0.464. The van der Waals surface area contributed by atoms with Gasteiger partial charge in [0, 0.05) is 29.8 Å². The Labute approximate surface area is 198 Å². The molecule has 2 aromatic rings. The molecule has 1 aliphatic carbocycles. The van der Waals surface area contributed by atoms with Crippen molar-refractivity contribution in [2.45, 2.75) is 42.6 Å². The first-order chi connectivity index (χ1) is 15.6. The first-order valence-corrected chi connectivity index (χ1v) is 12.5. The minimum atomic E-state index is -3.88. The molecule has 3 unspecified atom stereocenters. The number of nitrogens with one attached hydrogen (secondary N) is 1. The van der Waals surface area contributed by atoms with Gasteiger partial charge in [0.2, 0.25) is 21.5 Å². The smallest absolute Gasteiger partial charge is 0.348 e. The van der Waals surface area contributed by atoms with Crippen molar-refractivity contribution in [3.8, 4) is 5.75 Å². The summed E-state index contributed by atoms with van der Waals surface area (Å²) >= 11 is 5.83. The number of carbonyl (C=O) groups is 2. The predicted octanol–water partition coefficient (Wildman–Crippen LogP) is 3.20. The minimum Gasteiger partial charge on any atom is -0.478 e. The summed E-state index contributed by atoms with van der Waals surface area (Å²) in [5, 5.41) is 10.7. The van der Waals surface area contributed by atoms with E-state index in [0.29, 0.717) is 30.0 Å². The number of sulfonamides is 1. The van der Waals surface area contributed by atoms with E-state index in [9.17, 15) is 23.1 Å². The van der Waals surface area contributed by atoms with Crippen molar-refractivity contribution < 1.29 is 27.9 Å². The highest BCUT2D eigenvalue weighted by Crippen LogP contribution is 2.40. The van der Waals surface area contributed by atoms with Crippen LogP contribution in [0.4, 0.5) is 0 Å². The van der Waals surface area contributed by atoms with Crippen LogP contribution in [0.5, 0.6) is 5.75 Å². The molecule has 0 radical (unpaired) electrons. The minimum absolute atomic E-state index is 0.0169. The van der Waals surface area contributed by atoms with E-state index < -0.39 is 39.3 Å². The molecule has 4 N–H and O–H groups in total. The zero-order chi connectivity index (χ0) is 24.1. The van der Waals surface area contributed by atoms with E-state index in [-0.39, 0.29) is 24.3 Å². The van der Waals surface area contributed by atoms with Crippen LogP contribution in [-0.2, 0) is 19.6 Å². The van der Waals surface area contributed by atoms with E-state index >= 15 is 0 Å². The summed E-state index contributed by atoms with van der Waals surface area (Å²) in [7, 11) is -3.88. The van der Waals surface area contributed by atoms with E-state index in [2.05, 4.69) is 4.72 Å². The fraction of sp³-hybridized carbons (Fsp3) is 0.391. The van der Waals surface area contributed by atoms with Gasteiger partial charge in [0.1, 0.15) is 5.75 Å². The fourth-order valence-corrected chi connectivity index (χ4v) is 5.46. The summed E-state index contributed by atoms with van der Waals surface area (Å²) in [5.41, 5.74) is 3.77.